The van der Waals surface area contributed by atoms with E-state index in [0.717, 1.165) is 35.0 Å². The predicted molar refractivity (Wildman–Crippen MR) is 82.8 cm³/mol. The van der Waals surface area contributed by atoms with Crippen molar-refractivity contribution in [1.82, 2.24) is 0 Å². The molecule has 0 spiro atoms. The van der Waals surface area contributed by atoms with Crippen molar-refractivity contribution in [3.8, 4) is 6.07 Å². The van der Waals surface area contributed by atoms with Crippen molar-refractivity contribution in [3.05, 3.63) is 23.8 Å². The largest absolute Gasteiger partial charge is 0.370 e. The quantitative estimate of drug-likeness (QED) is 0.769. The van der Waals surface area contributed by atoms with Gasteiger partial charge in [0.25, 0.3) is 0 Å². The molecule has 102 valence electrons. The van der Waals surface area contributed by atoms with Crippen LogP contribution in [0.2, 0.25) is 0 Å². The van der Waals surface area contributed by atoms with Crippen LogP contribution in [0.15, 0.2) is 23.1 Å². The lowest BCUT2D eigenvalue weighted by Crippen LogP contribution is -2.40. The van der Waals surface area contributed by atoms with Crippen LogP contribution in [-0.4, -0.2) is 18.8 Å². The van der Waals surface area contributed by atoms with Gasteiger partial charge < -0.3 is 4.90 Å². The van der Waals surface area contributed by atoms with Gasteiger partial charge in [0.2, 0.25) is 0 Å². The number of nitrogens with zero attached hydrogens (tertiary/aromatic N) is 2. The summed E-state index contributed by atoms with van der Waals surface area (Å²) in [6, 6.07) is 8.65. The van der Waals surface area contributed by atoms with Gasteiger partial charge in [-0.05, 0) is 36.1 Å². The van der Waals surface area contributed by atoms with Gasteiger partial charge in [-0.15, -0.1) is 11.8 Å². The minimum atomic E-state index is 0.346. The molecule has 1 saturated heterocycles. The normalized spacial score (nSPS) is 18.1. The number of nitriles is 1. The third-order valence-corrected chi connectivity index (χ3v) is 4.60. The Morgan fingerprint density at radius 1 is 1.42 bits per heavy atom. The van der Waals surface area contributed by atoms with E-state index in [4.69, 9.17) is 0 Å². The standard InChI is InChI=1S/C16H22N2S/c1-4-19-15-8-5-7-14(13(15)11-17)18-10-6-9-16(2,3)12-18/h5,7-8H,4,6,9-10,12H2,1-3H3. The molecule has 3 heteroatoms. The van der Waals surface area contributed by atoms with Crippen molar-refractivity contribution < 1.29 is 0 Å². The maximum absolute atomic E-state index is 9.50. The molecule has 1 aromatic rings. The molecular weight excluding hydrogens is 252 g/mol. The second-order valence-corrected chi connectivity index (χ2v) is 7.19. The van der Waals surface area contributed by atoms with Gasteiger partial charge in [-0.3, -0.25) is 0 Å². The number of thioether (sulfide) groups is 1. The van der Waals surface area contributed by atoms with Gasteiger partial charge in [0.15, 0.2) is 0 Å². The molecule has 0 unspecified atom stereocenters. The fourth-order valence-corrected chi connectivity index (χ4v) is 3.58. The molecule has 1 fully saturated rings. The highest BCUT2D eigenvalue weighted by Gasteiger charge is 2.28. The summed E-state index contributed by atoms with van der Waals surface area (Å²) < 4.78 is 0. The van der Waals surface area contributed by atoms with E-state index < -0.39 is 0 Å². The number of benzene rings is 1. The van der Waals surface area contributed by atoms with E-state index in [1.165, 1.54) is 12.8 Å². The van der Waals surface area contributed by atoms with E-state index in [0.29, 0.717) is 5.41 Å². The highest BCUT2D eigenvalue weighted by Crippen LogP contribution is 2.35. The molecule has 0 radical (unpaired) electrons. The molecule has 0 bridgehead atoms. The molecule has 0 saturated carbocycles. The lowest BCUT2D eigenvalue weighted by Gasteiger charge is -2.40. The number of hydrogen-bond donors (Lipinski definition) is 0. The average Bonchev–Trinajstić information content (AvgIpc) is 2.37. The summed E-state index contributed by atoms with van der Waals surface area (Å²) in [6.07, 6.45) is 2.48. The number of hydrogen-bond acceptors (Lipinski definition) is 3. The van der Waals surface area contributed by atoms with E-state index >= 15 is 0 Å². The molecule has 1 aliphatic heterocycles. The maximum atomic E-state index is 9.50. The molecule has 0 N–H and O–H groups in total. The van der Waals surface area contributed by atoms with E-state index in [1.807, 2.05) is 0 Å². The molecule has 1 aliphatic rings. The van der Waals surface area contributed by atoms with Crippen LogP contribution in [0.3, 0.4) is 0 Å². The Bertz CT molecular complexity index is 488. The Balaban J connectivity index is 2.34. The van der Waals surface area contributed by atoms with Gasteiger partial charge in [0.1, 0.15) is 6.07 Å². The van der Waals surface area contributed by atoms with Gasteiger partial charge in [0, 0.05) is 18.0 Å². The van der Waals surface area contributed by atoms with Crippen LogP contribution in [0.25, 0.3) is 0 Å². The molecule has 19 heavy (non-hydrogen) atoms. The van der Waals surface area contributed by atoms with Crippen LogP contribution in [0.1, 0.15) is 39.2 Å². The molecular formula is C16H22N2S. The smallest absolute Gasteiger partial charge is 0.103 e. The molecule has 2 rings (SSSR count). The maximum Gasteiger partial charge on any atom is 0.103 e. The summed E-state index contributed by atoms with van der Waals surface area (Å²) in [5.41, 5.74) is 2.32. The van der Waals surface area contributed by atoms with Crippen molar-refractivity contribution in [2.45, 2.75) is 38.5 Å². The average molecular weight is 274 g/mol. The fraction of sp³-hybridized carbons (Fsp3) is 0.562. The first kappa shape index (κ1) is 14.3. The second-order valence-electron chi connectivity index (χ2n) is 5.88. The SMILES string of the molecule is CCSc1cccc(N2CCCC(C)(C)C2)c1C#N. The number of anilines is 1. The molecule has 0 aromatic heterocycles. The first-order valence-corrected chi connectivity index (χ1v) is 7.97. The summed E-state index contributed by atoms with van der Waals surface area (Å²) in [5, 5.41) is 9.50. The Labute approximate surface area is 120 Å². The Morgan fingerprint density at radius 2 is 2.21 bits per heavy atom. The van der Waals surface area contributed by atoms with Crippen molar-refractivity contribution >= 4 is 17.4 Å². The topological polar surface area (TPSA) is 27.0 Å². The Hall–Kier alpha value is -1.14. The van der Waals surface area contributed by atoms with Crippen LogP contribution in [0.5, 0.6) is 0 Å². The monoisotopic (exact) mass is 274 g/mol. The van der Waals surface area contributed by atoms with Gasteiger partial charge in [0.05, 0.1) is 11.3 Å². The summed E-state index contributed by atoms with van der Waals surface area (Å²) in [5.74, 6) is 1.00. The predicted octanol–water partition coefficient (Wildman–Crippen LogP) is 4.30. The summed E-state index contributed by atoms with van der Waals surface area (Å²) in [6.45, 7) is 8.87. The number of rotatable bonds is 3. The lowest BCUT2D eigenvalue weighted by atomic mass is 9.84. The minimum absolute atomic E-state index is 0.346. The fourth-order valence-electron chi connectivity index (χ4n) is 2.80. The van der Waals surface area contributed by atoms with Crippen LogP contribution >= 0.6 is 11.8 Å². The van der Waals surface area contributed by atoms with Gasteiger partial charge in [-0.25, -0.2) is 0 Å². The second kappa shape index (κ2) is 5.88. The molecule has 0 amide bonds. The van der Waals surface area contributed by atoms with E-state index in [-0.39, 0.29) is 0 Å². The highest BCUT2D eigenvalue weighted by molar-refractivity contribution is 7.99. The van der Waals surface area contributed by atoms with Crippen molar-refractivity contribution in [2.24, 2.45) is 5.41 Å². The van der Waals surface area contributed by atoms with Crippen molar-refractivity contribution in [1.29, 1.82) is 5.26 Å². The van der Waals surface area contributed by atoms with Gasteiger partial charge in [-0.1, -0.05) is 26.8 Å². The van der Waals surface area contributed by atoms with E-state index in [2.05, 4.69) is 49.9 Å². The molecule has 1 aromatic carbocycles. The van der Waals surface area contributed by atoms with Gasteiger partial charge >= 0.3 is 0 Å². The molecule has 2 nitrogen and oxygen atoms in total. The lowest BCUT2D eigenvalue weighted by molar-refractivity contribution is 0.293. The Morgan fingerprint density at radius 3 is 2.84 bits per heavy atom. The van der Waals surface area contributed by atoms with Gasteiger partial charge in [-0.2, -0.15) is 5.26 Å². The number of piperidine rings is 1. The first-order chi connectivity index (χ1) is 9.07. The summed E-state index contributed by atoms with van der Waals surface area (Å²) in [7, 11) is 0. The zero-order valence-corrected chi connectivity index (χ0v) is 12.9. The summed E-state index contributed by atoms with van der Waals surface area (Å²) in [4.78, 5) is 3.51. The zero-order chi connectivity index (χ0) is 13.9. The van der Waals surface area contributed by atoms with Crippen molar-refractivity contribution in [2.75, 3.05) is 23.7 Å². The van der Waals surface area contributed by atoms with Crippen LogP contribution in [0.4, 0.5) is 5.69 Å². The Kier molecular flexibility index (Phi) is 4.42. The van der Waals surface area contributed by atoms with Crippen LogP contribution in [0, 0.1) is 16.7 Å². The van der Waals surface area contributed by atoms with E-state index in [1.54, 1.807) is 11.8 Å². The molecule has 0 aliphatic carbocycles. The summed E-state index contributed by atoms with van der Waals surface area (Å²) >= 11 is 1.76. The third-order valence-electron chi connectivity index (χ3n) is 3.66. The van der Waals surface area contributed by atoms with Crippen LogP contribution in [-0.2, 0) is 0 Å². The van der Waals surface area contributed by atoms with E-state index in [9.17, 15) is 5.26 Å². The molecule has 1 heterocycles. The first-order valence-electron chi connectivity index (χ1n) is 6.98. The zero-order valence-electron chi connectivity index (χ0n) is 12.1. The third kappa shape index (κ3) is 3.25. The highest BCUT2D eigenvalue weighted by atomic mass is 32.2. The van der Waals surface area contributed by atoms with Crippen LogP contribution < -0.4 is 4.90 Å². The molecule has 0 atom stereocenters. The minimum Gasteiger partial charge on any atom is -0.370 e. The van der Waals surface area contributed by atoms with Crippen molar-refractivity contribution in [3.63, 3.8) is 0 Å².